The van der Waals surface area contributed by atoms with Gasteiger partial charge in [0.2, 0.25) is 0 Å². The van der Waals surface area contributed by atoms with Gasteiger partial charge in [-0.15, -0.1) is 0 Å². The SMILES string of the molecule is C[Si](C)(C)CSC/C(=C1\NCCN1Cc1ccc(Cl)nc1)[N+](=O)[O-]. The van der Waals surface area contributed by atoms with Crippen LogP contribution in [0.15, 0.2) is 29.8 Å². The lowest BCUT2D eigenvalue weighted by atomic mass is 10.2. The van der Waals surface area contributed by atoms with Gasteiger partial charge in [-0.2, -0.15) is 11.8 Å². The van der Waals surface area contributed by atoms with Crippen molar-refractivity contribution in [3.8, 4) is 0 Å². The summed E-state index contributed by atoms with van der Waals surface area (Å²) in [6.45, 7) is 8.86. The third-order valence-electron chi connectivity index (χ3n) is 3.42. The molecule has 0 aliphatic carbocycles. The summed E-state index contributed by atoms with van der Waals surface area (Å²) in [4.78, 5) is 17.4. The first kappa shape index (κ1) is 19.1. The van der Waals surface area contributed by atoms with E-state index in [9.17, 15) is 10.1 Å². The molecule has 0 unspecified atom stereocenters. The van der Waals surface area contributed by atoms with Gasteiger partial charge < -0.3 is 10.2 Å². The molecular formula is C15H23ClN4O2SSi. The number of pyridine rings is 1. The zero-order chi connectivity index (χ0) is 17.7. The molecular weight excluding hydrogens is 364 g/mol. The van der Waals surface area contributed by atoms with Crippen molar-refractivity contribution in [3.05, 3.63) is 50.7 Å². The molecule has 24 heavy (non-hydrogen) atoms. The Labute approximate surface area is 152 Å². The molecule has 2 heterocycles. The number of nitro groups is 1. The van der Waals surface area contributed by atoms with E-state index in [4.69, 9.17) is 11.6 Å². The Hall–Kier alpha value is -1.25. The second-order valence-corrected chi connectivity index (χ2v) is 14.3. The molecule has 1 aromatic heterocycles. The Morgan fingerprint density at radius 1 is 1.50 bits per heavy atom. The minimum atomic E-state index is -1.22. The highest BCUT2D eigenvalue weighted by molar-refractivity contribution is 8.01. The quantitative estimate of drug-likeness (QED) is 0.336. The number of nitrogens with zero attached hydrogens (tertiary/aromatic N) is 3. The van der Waals surface area contributed by atoms with Crippen LogP contribution in [0.25, 0.3) is 0 Å². The molecule has 0 spiro atoms. The van der Waals surface area contributed by atoms with E-state index >= 15 is 0 Å². The fourth-order valence-electron chi connectivity index (χ4n) is 2.36. The molecule has 0 atom stereocenters. The highest BCUT2D eigenvalue weighted by atomic mass is 35.5. The Kier molecular flexibility index (Phi) is 6.53. The van der Waals surface area contributed by atoms with Crippen LogP contribution in [-0.4, -0.2) is 47.1 Å². The molecule has 2 rings (SSSR count). The number of hydrogen-bond acceptors (Lipinski definition) is 6. The van der Waals surface area contributed by atoms with Crippen LogP contribution in [0.1, 0.15) is 5.56 Å². The summed E-state index contributed by atoms with van der Waals surface area (Å²) in [6.07, 6.45) is 1.71. The van der Waals surface area contributed by atoms with E-state index in [-0.39, 0.29) is 10.6 Å². The van der Waals surface area contributed by atoms with Gasteiger partial charge >= 0.3 is 0 Å². The van der Waals surface area contributed by atoms with Crippen molar-refractivity contribution in [1.82, 2.24) is 15.2 Å². The Bertz CT molecular complexity index is 619. The number of aromatic nitrogens is 1. The van der Waals surface area contributed by atoms with Crippen molar-refractivity contribution in [2.24, 2.45) is 0 Å². The zero-order valence-corrected chi connectivity index (χ0v) is 16.8. The maximum absolute atomic E-state index is 11.5. The van der Waals surface area contributed by atoms with Crippen LogP contribution in [0, 0.1) is 10.1 Å². The normalized spacial score (nSPS) is 16.9. The van der Waals surface area contributed by atoms with Crippen molar-refractivity contribution >= 4 is 31.4 Å². The van der Waals surface area contributed by atoms with E-state index in [0.29, 0.717) is 29.8 Å². The minimum Gasteiger partial charge on any atom is -0.365 e. The highest BCUT2D eigenvalue weighted by Crippen LogP contribution is 2.22. The first-order valence-corrected chi connectivity index (χ1v) is 13.0. The highest BCUT2D eigenvalue weighted by Gasteiger charge is 2.28. The number of hydrogen-bond donors (Lipinski definition) is 1. The van der Waals surface area contributed by atoms with Gasteiger partial charge in [0.05, 0.1) is 18.8 Å². The monoisotopic (exact) mass is 386 g/mol. The second-order valence-electron chi connectivity index (χ2n) is 6.94. The lowest BCUT2D eigenvalue weighted by Crippen LogP contribution is -2.27. The second kappa shape index (κ2) is 8.22. The standard InChI is InChI=1S/C15H23ClN4O2SSi/c1-24(2,3)11-23-10-13(20(21)22)15-17-6-7-19(15)9-12-4-5-14(16)18-8-12/h4-5,8,17H,6-7,9-11H2,1-3H3/b15-13-. The Morgan fingerprint density at radius 2 is 2.25 bits per heavy atom. The molecule has 1 fully saturated rings. The number of nitrogens with one attached hydrogen (secondary N) is 1. The predicted molar refractivity (Wildman–Crippen MR) is 102 cm³/mol. The summed E-state index contributed by atoms with van der Waals surface area (Å²) >= 11 is 7.47. The molecule has 0 saturated carbocycles. The molecule has 0 bridgehead atoms. The van der Waals surface area contributed by atoms with Gasteiger partial charge in [-0.25, -0.2) is 4.98 Å². The van der Waals surface area contributed by atoms with Gasteiger partial charge in [0, 0.05) is 25.8 Å². The summed E-state index contributed by atoms with van der Waals surface area (Å²) in [7, 11) is -1.22. The summed E-state index contributed by atoms with van der Waals surface area (Å²) in [5, 5.41) is 16.2. The first-order valence-electron chi connectivity index (χ1n) is 7.81. The van der Waals surface area contributed by atoms with E-state index in [1.165, 1.54) is 0 Å². The van der Waals surface area contributed by atoms with E-state index < -0.39 is 8.07 Å². The summed E-state index contributed by atoms with van der Waals surface area (Å²) in [6, 6.07) is 3.64. The fraction of sp³-hybridized carbons (Fsp3) is 0.533. The smallest absolute Gasteiger partial charge is 0.295 e. The summed E-state index contributed by atoms with van der Waals surface area (Å²) < 4.78 is 0. The van der Waals surface area contributed by atoms with Gasteiger partial charge in [-0.05, 0) is 17.0 Å². The van der Waals surface area contributed by atoms with Crippen LogP contribution in [-0.2, 0) is 6.54 Å². The first-order chi connectivity index (χ1) is 11.3. The van der Waals surface area contributed by atoms with Gasteiger partial charge in [0.15, 0.2) is 5.82 Å². The van der Waals surface area contributed by atoms with Gasteiger partial charge in [0.25, 0.3) is 5.70 Å². The van der Waals surface area contributed by atoms with Crippen molar-refractivity contribution in [3.63, 3.8) is 0 Å². The van der Waals surface area contributed by atoms with Crippen LogP contribution in [0.4, 0.5) is 0 Å². The molecule has 132 valence electrons. The van der Waals surface area contributed by atoms with E-state index in [1.807, 2.05) is 11.0 Å². The van der Waals surface area contributed by atoms with Crippen molar-refractivity contribution in [2.45, 2.75) is 26.2 Å². The van der Waals surface area contributed by atoms with Crippen LogP contribution >= 0.6 is 23.4 Å². The molecule has 1 aromatic rings. The number of rotatable bonds is 7. The minimum absolute atomic E-state index is 0.252. The molecule has 1 N–H and O–H groups in total. The number of thioether (sulfide) groups is 1. The lowest BCUT2D eigenvalue weighted by molar-refractivity contribution is -0.425. The van der Waals surface area contributed by atoms with Crippen LogP contribution in [0.5, 0.6) is 0 Å². The third-order valence-corrected chi connectivity index (χ3v) is 8.40. The maximum Gasteiger partial charge on any atom is 0.295 e. The number of halogens is 1. The third kappa shape index (κ3) is 5.68. The molecule has 0 radical (unpaired) electrons. The van der Waals surface area contributed by atoms with Gasteiger partial charge in [0.1, 0.15) is 5.15 Å². The van der Waals surface area contributed by atoms with Gasteiger partial charge in [-0.1, -0.05) is 37.3 Å². The molecule has 0 aromatic carbocycles. The molecule has 1 aliphatic heterocycles. The topological polar surface area (TPSA) is 71.3 Å². The molecule has 0 amide bonds. The fourth-order valence-corrected chi connectivity index (χ4v) is 5.76. The van der Waals surface area contributed by atoms with Crippen LogP contribution in [0.2, 0.25) is 24.8 Å². The molecule has 1 aliphatic rings. The molecule has 1 saturated heterocycles. The largest absolute Gasteiger partial charge is 0.365 e. The molecule has 6 nitrogen and oxygen atoms in total. The average Bonchev–Trinajstić information content (AvgIpc) is 2.92. The Morgan fingerprint density at radius 3 is 2.83 bits per heavy atom. The van der Waals surface area contributed by atoms with E-state index in [1.54, 1.807) is 24.0 Å². The Balaban J connectivity index is 2.11. The van der Waals surface area contributed by atoms with Crippen LogP contribution < -0.4 is 5.32 Å². The van der Waals surface area contributed by atoms with Crippen molar-refractivity contribution < 1.29 is 4.92 Å². The van der Waals surface area contributed by atoms with E-state index in [0.717, 1.165) is 17.5 Å². The lowest BCUT2D eigenvalue weighted by Gasteiger charge is -2.19. The summed E-state index contributed by atoms with van der Waals surface area (Å²) in [5.41, 5.74) is 1.25. The van der Waals surface area contributed by atoms with Crippen molar-refractivity contribution in [2.75, 3.05) is 24.2 Å². The summed E-state index contributed by atoms with van der Waals surface area (Å²) in [5.74, 6) is 1.06. The van der Waals surface area contributed by atoms with E-state index in [2.05, 4.69) is 29.9 Å². The van der Waals surface area contributed by atoms with Crippen LogP contribution in [0.3, 0.4) is 0 Å². The van der Waals surface area contributed by atoms with Crippen molar-refractivity contribution in [1.29, 1.82) is 0 Å². The van der Waals surface area contributed by atoms with Gasteiger partial charge in [-0.3, -0.25) is 10.1 Å². The zero-order valence-electron chi connectivity index (χ0n) is 14.2. The average molecular weight is 387 g/mol. The molecule has 9 heteroatoms. The predicted octanol–water partition coefficient (Wildman–Crippen LogP) is 3.20. The maximum atomic E-state index is 11.5.